The topological polar surface area (TPSA) is 50.5 Å². The van der Waals surface area contributed by atoms with E-state index in [2.05, 4.69) is 56.1 Å². The van der Waals surface area contributed by atoms with Crippen molar-refractivity contribution in [3.63, 3.8) is 0 Å². The molecule has 0 aromatic carbocycles. The Bertz CT molecular complexity index is 556. The van der Waals surface area contributed by atoms with Crippen LogP contribution in [0.1, 0.15) is 52.5 Å². The summed E-state index contributed by atoms with van der Waals surface area (Å²) in [6, 6.07) is 2.76. The Kier molecular flexibility index (Phi) is 5.57. The average molecular weight is 350 g/mol. The molecule has 0 radical (unpaired) electrons. The van der Waals surface area contributed by atoms with Crippen molar-refractivity contribution < 1.29 is 9.26 Å². The van der Waals surface area contributed by atoms with Crippen LogP contribution in [0.5, 0.6) is 0 Å². The summed E-state index contributed by atoms with van der Waals surface area (Å²) in [6.07, 6.45) is 2.25. The van der Waals surface area contributed by atoms with Crippen LogP contribution in [0.4, 0.5) is 0 Å². The van der Waals surface area contributed by atoms with E-state index in [1.54, 1.807) is 0 Å². The molecule has 2 heterocycles. The normalized spacial score (nSPS) is 27.2. The molecule has 25 heavy (non-hydrogen) atoms. The standard InChI is InChI=1S/C20H35N3O2/c1-19(2,3)14-21-18-11-15(20(18,4)5)10-16-12-17(25-22-16)13-23-6-8-24-9-7-23/h12,15,18,21H,6-11,13-14H2,1-5H3. The zero-order chi connectivity index (χ0) is 18.1. The molecule has 0 bridgehead atoms. The maximum absolute atomic E-state index is 5.58. The second-order valence-corrected chi connectivity index (χ2v) is 9.63. The highest BCUT2D eigenvalue weighted by atomic mass is 16.5. The van der Waals surface area contributed by atoms with E-state index in [0.29, 0.717) is 22.8 Å². The monoisotopic (exact) mass is 349 g/mol. The van der Waals surface area contributed by atoms with Crippen molar-refractivity contribution in [2.45, 2.75) is 60.0 Å². The summed E-state index contributed by atoms with van der Waals surface area (Å²) in [5, 5.41) is 8.09. The van der Waals surface area contributed by atoms with Crippen LogP contribution in [0.2, 0.25) is 0 Å². The fraction of sp³-hybridized carbons (Fsp3) is 0.850. The van der Waals surface area contributed by atoms with Crippen LogP contribution in [0, 0.1) is 16.7 Å². The van der Waals surface area contributed by atoms with E-state index >= 15 is 0 Å². The quantitative estimate of drug-likeness (QED) is 0.855. The molecule has 1 saturated carbocycles. The predicted molar refractivity (Wildman–Crippen MR) is 99.4 cm³/mol. The molecule has 5 nitrogen and oxygen atoms in total. The van der Waals surface area contributed by atoms with Gasteiger partial charge in [-0.05, 0) is 29.6 Å². The molecule has 1 saturated heterocycles. The maximum Gasteiger partial charge on any atom is 0.150 e. The largest absolute Gasteiger partial charge is 0.379 e. The Balaban J connectivity index is 1.48. The van der Waals surface area contributed by atoms with Crippen LogP contribution in [0.15, 0.2) is 10.6 Å². The van der Waals surface area contributed by atoms with Gasteiger partial charge in [-0.1, -0.05) is 39.8 Å². The molecule has 1 aliphatic carbocycles. The lowest BCUT2D eigenvalue weighted by atomic mass is 9.57. The van der Waals surface area contributed by atoms with Gasteiger partial charge in [0.05, 0.1) is 25.5 Å². The number of rotatable bonds is 6. The summed E-state index contributed by atoms with van der Waals surface area (Å²) in [4.78, 5) is 2.37. The number of nitrogens with one attached hydrogen (secondary N) is 1. The Morgan fingerprint density at radius 1 is 1.28 bits per heavy atom. The van der Waals surface area contributed by atoms with Crippen molar-refractivity contribution in [1.82, 2.24) is 15.4 Å². The summed E-state index contributed by atoms with van der Waals surface area (Å²) in [5.41, 5.74) is 1.76. The summed E-state index contributed by atoms with van der Waals surface area (Å²) >= 11 is 0. The summed E-state index contributed by atoms with van der Waals surface area (Å²) in [6.45, 7) is 17.1. The Hall–Kier alpha value is -0.910. The molecular formula is C20H35N3O2. The lowest BCUT2D eigenvalue weighted by Crippen LogP contribution is -2.58. The minimum absolute atomic E-state index is 0.314. The molecule has 0 spiro atoms. The first kappa shape index (κ1) is 18.9. The van der Waals surface area contributed by atoms with Gasteiger partial charge < -0.3 is 14.6 Å². The third kappa shape index (κ3) is 4.83. The Morgan fingerprint density at radius 3 is 2.64 bits per heavy atom. The second-order valence-electron chi connectivity index (χ2n) is 9.63. The molecule has 2 unspecified atom stereocenters. The van der Waals surface area contributed by atoms with Crippen LogP contribution in [0.3, 0.4) is 0 Å². The zero-order valence-electron chi connectivity index (χ0n) is 16.6. The van der Waals surface area contributed by atoms with E-state index in [1.807, 2.05) is 0 Å². The van der Waals surface area contributed by atoms with Crippen molar-refractivity contribution in [1.29, 1.82) is 0 Å². The highest BCUT2D eigenvalue weighted by Gasteiger charge is 2.47. The van der Waals surface area contributed by atoms with Crippen LogP contribution < -0.4 is 5.32 Å². The fourth-order valence-electron chi connectivity index (χ4n) is 3.90. The number of aromatic nitrogens is 1. The molecule has 0 amide bonds. The third-order valence-corrected chi connectivity index (χ3v) is 5.90. The fourth-order valence-corrected chi connectivity index (χ4v) is 3.90. The first-order valence-electron chi connectivity index (χ1n) is 9.72. The van der Waals surface area contributed by atoms with Crippen LogP contribution in [0.25, 0.3) is 0 Å². The van der Waals surface area contributed by atoms with Gasteiger partial charge in [0.2, 0.25) is 0 Å². The number of ether oxygens (including phenoxy) is 1. The number of hydrogen-bond acceptors (Lipinski definition) is 5. The number of hydrogen-bond donors (Lipinski definition) is 1. The van der Waals surface area contributed by atoms with Crippen molar-refractivity contribution >= 4 is 0 Å². The van der Waals surface area contributed by atoms with Gasteiger partial charge in [0.15, 0.2) is 5.76 Å². The van der Waals surface area contributed by atoms with Crippen molar-refractivity contribution in [3.05, 3.63) is 17.5 Å². The predicted octanol–water partition coefficient (Wildman–Crippen LogP) is 3.10. The second kappa shape index (κ2) is 7.37. The maximum atomic E-state index is 5.58. The molecule has 1 aliphatic heterocycles. The van der Waals surface area contributed by atoms with Gasteiger partial charge in [0.25, 0.3) is 0 Å². The summed E-state index contributed by atoms with van der Waals surface area (Å²) in [5.74, 6) is 1.66. The molecule has 1 N–H and O–H groups in total. The molecule has 2 atom stereocenters. The van der Waals surface area contributed by atoms with Crippen molar-refractivity contribution in [3.8, 4) is 0 Å². The molecule has 3 rings (SSSR count). The van der Waals surface area contributed by atoms with E-state index in [0.717, 1.165) is 57.3 Å². The van der Waals surface area contributed by atoms with E-state index in [9.17, 15) is 0 Å². The molecule has 5 heteroatoms. The first-order chi connectivity index (χ1) is 11.7. The summed E-state index contributed by atoms with van der Waals surface area (Å²) in [7, 11) is 0. The minimum Gasteiger partial charge on any atom is -0.379 e. The van der Waals surface area contributed by atoms with Crippen molar-refractivity contribution in [2.75, 3.05) is 32.8 Å². The van der Waals surface area contributed by atoms with Crippen LogP contribution >= 0.6 is 0 Å². The first-order valence-corrected chi connectivity index (χ1v) is 9.72. The van der Waals surface area contributed by atoms with Crippen LogP contribution in [-0.4, -0.2) is 48.9 Å². The molecule has 2 fully saturated rings. The molecule has 1 aromatic rings. The van der Waals surface area contributed by atoms with E-state index < -0.39 is 0 Å². The SMILES string of the molecule is CC(C)(C)CNC1CC(Cc2cc(CN3CCOCC3)on2)C1(C)C. The van der Waals surface area contributed by atoms with Crippen molar-refractivity contribution in [2.24, 2.45) is 16.7 Å². The van der Waals surface area contributed by atoms with Gasteiger partial charge in [0, 0.05) is 31.7 Å². The molecular weight excluding hydrogens is 314 g/mol. The van der Waals surface area contributed by atoms with Gasteiger partial charge in [-0.2, -0.15) is 0 Å². The van der Waals surface area contributed by atoms with Gasteiger partial charge in [-0.3, -0.25) is 4.90 Å². The Labute approximate surface area is 152 Å². The Morgan fingerprint density at radius 2 is 2.00 bits per heavy atom. The molecule has 2 aliphatic rings. The van der Waals surface area contributed by atoms with E-state index in [-0.39, 0.29) is 0 Å². The van der Waals surface area contributed by atoms with Gasteiger partial charge in [-0.25, -0.2) is 0 Å². The lowest BCUT2D eigenvalue weighted by Gasteiger charge is -2.53. The minimum atomic E-state index is 0.314. The molecule has 1 aromatic heterocycles. The van der Waals surface area contributed by atoms with E-state index in [1.165, 1.54) is 6.42 Å². The zero-order valence-corrected chi connectivity index (χ0v) is 16.6. The number of morpholine rings is 1. The number of nitrogens with zero attached hydrogens (tertiary/aromatic N) is 2. The third-order valence-electron chi connectivity index (χ3n) is 5.90. The molecule has 142 valence electrons. The lowest BCUT2D eigenvalue weighted by molar-refractivity contribution is 0.00910. The van der Waals surface area contributed by atoms with Gasteiger partial charge >= 0.3 is 0 Å². The van der Waals surface area contributed by atoms with Gasteiger partial charge in [-0.15, -0.1) is 0 Å². The average Bonchev–Trinajstić information content (AvgIpc) is 2.97. The summed E-state index contributed by atoms with van der Waals surface area (Å²) < 4.78 is 11.0. The van der Waals surface area contributed by atoms with E-state index in [4.69, 9.17) is 9.26 Å². The highest BCUT2D eigenvalue weighted by Crippen LogP contribution is 2.48. The van der Waals surface area contributed by atoms with Crippen LogP contribution in [-0.2, 0) is 17.7 Å². The smallest absolute Gasteiger partial charge is 0.150 e. The van der Waals surface area contributed by atoms with Gasteiger partial charge in [0.1, 0.15) is 0 Å². The highest BCUT2D eigenvalue weighted by molar-refractivity contribution is 5.11.